The molecule has 0 unspecified atom stereocenters. The molecule has 0 amide bonds. The summed E-state index contributed by atoms with van der Waals surface area (Å²) in [5.74, 6) is 0.537. The van der Waals surface area contributed by atoms with Gasteiger partial charge in [-0.2, -0.15) is 0 Å². The first-order valence-electron chi connectivity index (χ1n) is 6.74. The van der Waals surface area contributed by atoms with Crippen molar-refractivity contribution in [1.29, 1.82) is 0 Å². The molecule has 0 fully saturated rings. The predicted molar refractivity (Wildman–Crippen MR) is 73.9 cm³/mol. The largest absolute Gasteiger partial charge is 0.309 e. The standard InChI is InChI=1S/C17H17N/c1-11-6-7-12-9-17-14-5-3-2-4-13(14)16(10-18-17)15(12)8-11/h2-8,16-18H,9-10H2,1H3/t16-,17-/m0/s1. The summed E-state index contributed by atoms with van der Waals surface area (Å²) in [5, 5.41) is 3.70. The first-order chi connectivity index (χ1) is 8.83. The molecule has 0 spiro atoms. The third-order valence-electron chi connectivity index (χ3n) is 4.42. The molecule has 18 heavy (non-hydrogen) atoms. The Bertz CT molecular complexity index is 615. The maximum Gasteiger partial charge on any atom is 0.0364 e. The molecule has 2 atom stereocenters. The fraction of sp³-hybridized carbons (Fsp3) is 0.294. The number of hydrogen-bond acceptors (Lipinski definition) is 1. The highest BCUT2D eigenvalue weighted by atomic mass is 14.9. The van der Waals surface area contributed by atoms with E-state index in [0.29, 0.717) is 12.0 Å². The molecule has 90 valence electrons. The number of rotatable bonds is 0. The summed E-state index contributed by atoms with van der Waals surface area (Å²) < 4.78 is 0. The van der Waals surface area contributed by atoms with Gasteiger partial charge in [-0.15, -0.1) is 0 Å². The lowest BCUT2D eigenvalue weighted by molar-refractivity contribution is 0.500. The molecule has 2 aromatic rings. The Morgan fingerprint density at radius 1 is 1.00 bits per heavy atom. The second-order valence-electron chi connectivity index (χ2n) is 5.55. The molecule has 0 saturated heterocycles. The van der Waals surface area contributed by atoms with Crippen molar-refractivity contribution in [3.8, 4) is 0 Å². The van der Waals surface area contributed by atoms with E-state index in [1.165, 1.54) is 27.8 Å². The van der Waals surface area contributed by atoms with Crippen LogP contribution in [0.3, 0.4) is 0 Å². The molecule has 1 heteroatoms. The summed E-state index contributed by atoms with van der Waals surface area (Å²) in [7, 11) is 0. The van der Waals surface area contributed by atoms with Crippen LogP contribution in [0.25, 0.3) is 0 Å². The molecular weight excluding hydrogens is 218 g/mol. The minimum Gasteiger partial charge on any atom is -0.309 e. The number of aryl methyl sites for hydroxylation is 1. The number of benzene rings is 2. The third-order valence-corrected chi connectivity index (χ3v) is 4.42. The van der Waals surface area contributed by atoms with E-state index in [0.717, 1.165) is 13.0 Å². The second kappa shape index (κ2) is 3.69. The van der Waals surface area contributed by atoms with E-state index in [1.807, 2.05) is 0 Å². The van der Waals surface area contributed by atoms with Crippen LogP contribution in [-0.4, -0.2) is 6.54 Å². The van der Waals surface area contributed by atoms with Gasteiger partial charge in [0.25, 0.3) is 0 Å². The van der Waals surface area contributed by atoms with E-state index in [-0.39, 0.29) is 0 Å². The van der Waals surface area contributed by atoms with Gasteiger partial charge in [0.15, 0.2) is 0 Å². The van der Waals surface area contributed by atoms with E-state index in [9.17, 15) is 0 Å². The molecule has 0 aromatic heterocycles. The van der Waals surface area contributed by atoms with Gasteiger partial charge >= 0.3 is 0 Å². The Morgan fingerprint density at radius 2 is 1.83 bits per heavy atom. The molecule has 1 nitrogen and oxygen atoms in total. The van der Waals surface area contributed by atoms with Crippen molar-refractivity contribution in [3.05, 3.63) is 70.3 Å². The first kappa shape index (κ1) is 10.3. The average molecular weight is 235 g/mol. The smallest absolute Gasteiger partial charge is 0.0364 e. The minimum absolute atomic E-state index is 0.501. The van der Waals surface area contributed by atoms with Crippen LogP contribution in [0.1, 0.15) is 39.8 Å². The van der Waals surface area contributed by atoms with E-state index in [4.69, 9.17) is 0 Å². The van der Waals surface area contributed by atoms with Crippen LogP contribution < -0.4 is 5.32 Å². The molecule has 0 radical (unpaired) electrons. The molecule has 2 aliphatic heterocycles. The summed E-state index contributed by atoms with van der Waals surface area (Å²) in [6.45, 7) is 3.27. The average Bonchev–Trinajstić information content (AvgIpc) is 2.65. The zero-order valence-electron chi connectivity index (χ0n) is 10.6. The van der Waals surface area contributed by atoms with Crippen LogP contribution in [-0.2, 0) is 6.42 Å². The molecule has 3 aliphatic rings. The Hall–Kier alpha value is -1.60. The predicted octanol–water partition coefficient (Wildman–Crippen LogP) is 3.33. The Kier molecular flexibility index (Phi) is 2.12. The highest BCUT2D eigenvalue weighted by molar-refractivity contribution is 5.49. The lowest BCUT2D eigenvalue weighted by Crippen LogP contribution is -2.31. The van der Waals surface area contributed by atoms with Gasteiger partial charge in [-0.3, -0.25) is 0 Å². The molecule has 2 bridgehead atoms. The summed E-state index contributed by atoms with van der Waals surface area (Å²) in [6, 6.07) is 16.4. The van der Waals surface area contributed by atoms with Gasteiger partial charge in [0, 0.05) is 18.5 Å². The van der Waals surface area contributed by atoms with E-state index >= 15 is 0 Å². The quantitative estimate of drug-likeness (QED) is 0.738. The van der Waals surface area contributed by atoms with Gasteiger partial charge in [-0.1, -0.05) is 48.0 Å². The summed E-state index contributed by atoms with van der Waals surface area (Å²) in [4.78, 5) is 0. The molecule has 0 saturated carbocycles. The van der Waals surface area contributed by atoms with Gasteiger partial charge in [-0.25, -0.2) is 0 Å². The van der Waals surface area contributed by atoms with Crippen LogP contribution in [0.15, 0.2) is 42.5 Å². The van der Waals surface area contributed by atoms with Gasteiger partial charge in [-0.05, 0) is 35.6 Å². The van der Waals surface area contributed by atoms with Crippen molar-refractivity contribution in [2.75, 3.05) is 6.54 Å². The normalized spacial score (nSPS) is 24.3. The van der Waals surface area contributed by atoms with E-state index < -0.39 is 0 Å². The number of hydrogen-bond donors (Lipinski definition) is 1. The van der Waals surface area contributed by atoms with Gasteiger partial charge in [0.05, 0.1) is 0 Å². The topological polar surface area (TPSA) is 12.0 Å². The van der Waals surface area contributed by atoms with Crippen molar-refractivity contribution >= 4 is 0 Å². The highest BCUT2D eigenvalue weighted by Gasteiger charge is 2.32. The van der Waals surface area contributed by atoms with Crippen molar-refractivity contribution in [3.63, 3.8) is 0 Å². The Labute approximate surface area is 108 Å². The molecule has 5 rings (SSSR count). The van der Waals surface area contributed by atoms with Crippen LogP contribution in [0, 0.1) is 6.92 Å². The van der Waals surface area contributed by atoms with Gasteiger partial charge in [0.2, 0.25) is 0 Å². The van der Waals surface area contributed by atoms with Crippen molar-refractivity contribution in [2.24, 2.45) is 0 Å². The van der Waals surface area contributed by atoms with Crippen LogP contribution in [0.4, 0.5) is 0 Å². The Morgan fingerprint density at radius 3 is 2.72 bits per heavy atom. The maximum absolute atomic E-state index is 3.70. The fourth-order valence-corrected chi connectivity index (χ4v) is 3.53. The molecule has 2 aromatic carbocycles. The summed E-state index contributed by atoms with van der Waals surface area (Å²) in [6.07, 6.45) is 1.13. The van der Waals surface area contributed by atoms with Crippen molar-refractivity contribution < 1.29 is 0 Å². The maximum atomic E-state index is 3.70. The first-order valence-corrected chi connectivity index (χ1v) is 6.74. The molecular formula is C17H17N. The summed E-state index contributed by atoms with van der Waals surface area (Å²) in [5.41, 5.74) is 7.47. The summed E-state index contributed by atoms with van der Waals surface area (Å²) >= 11 is 0. The monoisotopic (exact) mass is 235 g/mol. The fourth-order valence-electron chi connectivity index (χ4n) is 3.53. The number of fused-ring (bicyclic) bond motifs is 1. The molecule has 1 N–H and O–H groups in total. The van der Waals surface area contributed by atoms with E-state index in [2.05, 4.69) is 54.7 Å². The molecule has 2 heterocycles. The minimum atomic E-state index is 0.501. The van der Waals surface area contributed by atoms with Crippen LogP contribution in [0.2, 0.25) is 0 Å². The lowest BCUT2D eigenvalue weighted by Gasteiger charge is -2.29. The number of nitrogens with one attached hydrogen (secondary N) is 1. The highest BCUT2D eigenvalue weighted by Crippen LogP contribution is 2.41. The van der Waals surface area contributed by atoms with Crippen molar-refractivity contribution in [2.45, 2.75) is 25.3 Å². The van der Waals surface area contributed by atoms with Crippen molar-refractivity contribution in [1.82, 2.24) is 5.32 Å². The zero-order chi connectivity index (χ0) is 12.1. The van der Waals surface area contributed by atoms with Gasteiger partial charge < -0.3 is 5.32 Å². The van der Waals surface area contributed by atoms with Gasteiger partial charge in [0.1, 0.15) is 0 Å². The van der Waals surface area contributed by atoms with Crippen LogP contribution in [0.5, 0.6) is 0 Å². The van der Waals surface area contributed by atoms with E-state index in [1.54, 1.807) is 0 Å². The molecule has 1 aliphatic carbocycles. The zero-order valence-corrected chi connectivity index (χ0v) is 10.6. The van der Waals surface area contributed by atoms with Crippen LogP contribution >= 0.6 is 0 Å². The second-order valence-corrected chi connectivity index (χ2v) is 5.55. The SMILES string of the molecule is Cc1ccc2c(c1)[C@H]1CN[C@@H](C2)c2ccccc21. The third kappa shape index (κ3) is 1.37. The Balaban J connectivity index is 1.99. The lowest BCUT2D eigenvalue weighted by atomic mass is 9.85.